The van der Waals surface area contributed by atoms with Crippen molar-refractivity contribution in [3.05, 3.63) is 35.3 Å². The van der Waals surface area contributed by atoms with Crippen LogP contribution in [0.5, 0.6) is 0 Å². The average Bonchev–Trinajstić information content (AvgIpc) is 3.45. The summed E-state index contributed by atoms with van der Waals surface area (Å²) in [6.45, 7) is 2.23. The number of methoxy groups -OCH3 is 1. The molecule has 1 aliphatic carbocycles. The summed E-state index contributed by atoms with van der Waals surface area (Å²) in [5, 5.41) is 9.63. The summed E-state index contributed by atoms with van der Waals surface area (Å²) >= 11 is 0. The first-order chi connectivity index (χ1) is 16.7. The Labute approximate surface area is 203 Å². The smallest absolute Gasteiger partial charge is 0.333 e. The lowest BCUT2D eigenvalue weighted by Gasteiger charge is -2.40. The number of Topliss-reactive ketones (excluding diaryl/α,β-unsaturated/α-hetero) is 1. The number of hydrogen-bond donors (Lipinski definition) is 1. The average molecular weight is 487 g/mol. The molecule has 0 bridgehead atoms. The van der Waals surface area contributed by atoms with Crippen molar-refractivity contribution >= 4 is 29.0 Å². The molecular formula is C25H31FN4O5. The number of carbonyl (C=O) groups excluding carboxylic acids is 2. The van der Waals surface area contributed by atoms with Crippen molar-refractivity contribution in [1.82, 2.24) is 9.80 Å². The van der Waals surface area contributed by atoms with Gasteiger partial charge in [-0.1, -0.05) is 0 Å². The van der Waals surface area contributed by atoms with Gasteiger partial charge in [-0.15, -0.1) is 0 Å². The van der Waals surface area contributed by atoms with Crippen molar-refractivity contribution in [1.29, 1.82) is 0 Å². The van der Waals surface area contributed by atoms with Crippen LogP contribution >= 0.6 is 0 Å². The van der Waals surface area contributed by atoms with Crippen LogP contribution in [0.1, 0.15) is 38.2 Å². The van der Waals surface area contributed by atoms with Crippen molar-refractivity contribution < 1.29 is 28.6 Å². The molecule has 9 nitrogen and oxygen atoms in total. The van der Waals surface area contributed by atoms with E-state index in [1.165, 1.54) is 31.1 Å². The number of benzene rings is 1. The van der Waals surface area contributed by atoms with E-state index < -0.39 is 24.1 Å². The van der Waals surface area contributed by atoms with Crippen molar-refractivity contribution in [2.24, 2.45) is 0 Å². The van der Waals surface area contributed by atoms with E-state index in [1.54, 1.807) is 13.2 Å². The maximum atomic E-state index is 14.9. The van der Waals surface area contributed by atoms with Crippen molar-refractivity contribution in [2.75, 3.05) is 37.0 Å². The lowest BCUT2D eigenvalue weighted by atomic mass is 9.97. The zero-order valence-corrected chi connectivity index (χ0v) is 20.2. The molecule has 2 saturated heterocycles. The second-order valence-electron chi connectivity index (χ2n) is 9.86. The third-order valence-electron chi connectivity index (χ3n) is 7.62. The number of nitrogens with zero attached hydrogens (tertiary/aromatic N) is 4. The Morgan fingerprint density at radius 1 is 1.23 bits per heavy atom. The van der Waals surface area contributed by atoms with Gasteiger partial charge >= 0.3 is 5.97 Å². The van der Waals surface area contributed by atoms with Gasteiger partial charge in [0.25, 0.3) is 0 Å². The zero-order valence-electron chi connectivity index (χ0n) is 20.2. The number of ether oxygens (including phenoxy) is 1. The number of amides is 1. The Kier molecular flexibility index (Phi) is 6.04. The molecule has 3 unspecified atom stereocenters. The highest BCUT2D eigenvalue weighted by molar-refractivity contribution is 5.93. The molecule has 3 fully saturated rings. The molecule has 5 rings (SSSR count). The number of anilines is 2. The standard InChI is InChI=1S/C25H31FN4O5/c1-14(31)27(2)23-20(32)13-30(24(23)35-3)21-5-4-8-28(21)19-11-17(26)10-15-9-16(25(33)34)12-29(22(15)19)18-6-7-18/h10-12,18,21,23-24H,4-9,13H2,1-3H3,(H,33,34). The monoisotopic (exact) mass is 486 g/mol. The molecular weight excluding hydrogens is 455 g/mol. The molecule has 35 heavy (non-hydrogen) atoms. The highest BCUT2D eigenvalue weighted by atomic mass is 19.1. The highest BCUT2D eigenvalue weighted by Gasteiger charge is 2.49. The van der Waals surface area contributed by atoms with Gasteiger partial charge < -0.3 is 24.5 Å². The molecule has 1 saturated carbocycles. The van der Waals surface area contributed by atoms with Gasteiger partial charge in [-0.3, -0.25) is 9.59 Å². The molecule has 1 aromatic carbocycles. The van der Waals surface area contributed by atoms with Gasteiger partial charge in [-0.05, 0) is 43.4 Å². The van der Waals surface area contributed by atoms with E-state index in [0.29, 0.717) is 17.8 Å². The number of likely N-dealkylation sites (N-methyl/N-ethyl adjacent to an activating group) is 1. The maximum absolute atomic E-state index is 14.9. The number of hydrogen-bond acceptors (Lipinski definition) is 7. The summed E-state index contributed by atoms with van der Waals surface area (Å²) in [7, 11) is 3.14. The fraction of sp³-hybridized carbons (Fsp3) is 0.560. The summed E-state index contributed by atoms with van der Waals surface area (Å²) in [5.41, 5.74) is 2.47. The van der Waals surface area contributed by atoms with Gasteiger partial charge in [0.15, 0.2) is 5.78 Å². The van der Waals surface area contributed by atoms with Crippen LogP contribution in [0, 0.1) is 5.82 Å². The van der Waals surface area contributed by atoms with Crippen molar-refractivity contribution in [2.45, 2.75) is 63.5 Å². The summed E-state index contributed by atoms with van der Waals surface area (Å²) in [4.78, 5) is 44.3. The largest absolute Gasteiger partial charge is 0.478 e. The summed E-state index contributed by atoms with van der Waals surface area (Å²) in [5.74, 6) is -1.71. The first kappa shape index (κ1) is 23.7. The van der Waals surface area contributed by atoms with Gasteiger partial charge in [0.2, 0.25) is 5.91 Å². The molecule has 1 aromatic rings. The minimum Gasteiger partial charge on any atom is -0.478 e. The van der Waals surface area contributed by atoms with Crippen LogP contribution in [-0.4, -0.2) is 84.3 Å². The maximum Gasteiger partial charge on any atom is 0.333 e. The molecule has 3 aliphatic heterocycles. The predicted molar refractivity (Wildman–Crippen MR) is 126 cm³/mol. The highest BCUT2D eigenvalue weighted by Crippen LogP contribution is 2.46. The number of rotatable bonds is 6. The minimum absolute atomic E-state index is 0.0867. The Hall–Kier alpha value is -2.98. The topological polar surface area (TPSA) is 93.6 Å². The van der Waals surface area contributed by atoms with Crippen molar-refractivity contribution in [3.8, 4) is 0 Å². The Morgan fingerprint density at radius 2 is 1.97 bits per heavy atom. The molecule has 10 heteroatoms. The van der Waals surface area contributed by atoms with Gasteiger partial charge in [-0.25, -0.2) is 14.1 Å². The predicted octanol–water partition coefficient (Wildman–Crippen LogP) is 1.95. The van der Waals surface area contributed by atoms with Gasteiger partial charge in [0.1, 0.15) is 18.1 Å². The van der Waals surface area contributed by atoms with Crippen LogP contribution in [-0.2, 0) is 25.5 Å². The second kappa shape index (κ2) is 8.91. The van der Waals surface area contributed by atoms with E-state index in [0.717, 1.165) is 31.4 Å². The van der Waals surface area contributed by atoms with Gasteiger partial charge in [-0.2, -0.15) is 0 Å². The Morgan fingerprint density at radius 3 is 2.60 bits per heavy atom. The van der Waals surface area contributed by atoms with Crippen molar-refractivity contribution in [3.63, 3.8) is 0 Å². The van der Waals surface area contributed by atoms with Crippen LogP contribution in [0.2, 0.25) is 0 Å². The number of halogens is 1. The number of fused-ring (bicyclic) bond motifs is 1. The zero-order chi connectivity index (χ0) is 25.0. The summed E-state index contributed by atoms with van der Waals surface area (Å²) in [6.07, 6.45) is 4.55. The molecule has 0 spiro atoms. The molecule has 0 radical (unpaired) electrons. The second-order valence-corrected chi connectivity index (χ2v) is 9.86. The molecule has 3 heterocycles. The van der Waals surface area contributed by atoms with E-state index in [4.69, 9.17) is 4.74 Å². The molecule has 4 aliphatic rings. The van der Waals surface area contributed by atoms with E-state index in [1.807, 2.05) is 9.80 Å². The van der Waals surface area contributed by atoms with Crippen LogP contribution in [0.3, 0.4) is 0 Å². The summed E-state index contributed by atoms with van der Waals surface area (Å²) < 4.78 is 20.6. The number of ketones is 1. The number of carbonyl (C=O) groups is 3. The quantitative estimate of drug-likeness (QED) is 0.652. The van der Waals surface area contributed by atoms with E-state index >= 15 is 0 Å². The number of aliphatic carboxylic acids is 1. The lowest BCUT2D eigenvalue weighted by Crippen LogP contribution is -2.53. The lowest BCUT2D eigenvalue weighted by molar-refractivity contribution is -0.139. The number of carboxylic acids is 1. The molecule has 1 amide bonds. The fourth-order valence-corrected chi connectivity index (χ4v) is 5.77. The van der Waals surface area contributed by atoms with E-state index in [-0.39, 0.29) is 42.4 Å². The molecule has 188 valence electrons. The fourth-order valence-electron chi connectivity index (χ4n) is 5.77. The number of carboxylic acid groups (broad SMARTS) is 1. The first-order valence-electron chi connectivity index (χ1n) is 12.1. The van der Waals surface area contributed by atoms with E-state index in [9.17, 15) is 23.9 Å². The van der Waals surface area contributed by atoms with Gasteiger partial charge in [0.05, 0.1) is 29.7 Å². The van der Waals surface area contributed by atoms with E-state index in [2.05, 4.69) is 4.90 Å². The van der Waals surface area contributed by atoms with Gasteiger partial charge in [0, 0.05) is 46.3 Å². The third-order valence-corrected chi connectivity index (χ3v) is 7.62. The minimum atomic E-state index is -0.995. The third kappa shape index (κ3) is 4.08. The first-order valence-corrected chi connectivity index (χ1v) is 12.1. The summed E-state index contributed by atoms with van der Waals surface area (Å²) in [6, 6.07) is 2.45. The molecule has 3 atom stereocenters. The SMILES string of the molecule is COC1C(N(C)C(C)=O)C(=O)CN1C1CCCN1c1cc(F)cc2c1N(C1CC1)C=C(C(=O)O)C2. The van der Waals surface area contributed by atoms with Crippen LogP contribution in [0.4, 0.5) is 15.8 Å². The normalized spacial score (nSPS) is 26.7. The Bertz CT molecular complexity index is 1100. The number of likely N-dealkylation sites (tertiary alicyclic amines) is 1. The van der Waals surface area contributed by atoms with Crippen LogP contribution in [0.25, 0.3) is 0 Å². The van der Waals surface area contributed by atoms with Crippen LogP contribution < -0.4 is 9.80 Å². The molecule has 1 N–H and O–H groups in total. The van der Waals surface area contributed by atoms with Crippen LogP contribution in [0.15, 0.2) is 23.9 Å². The molecule has 0 aromatic heterocycles. The Balaban J connectivity index is 1.53.